The Morgan fingerprint density at radius 1 is 1.00 bits per heavy atom. The van der Waals surface area contributed by atoms with Gasteiger partial charge in [-0.3, -0.25) is 0 Å². The molecule has 2 aromatic carbocycles. The van der Waals surface area contributed by atoms with Crippen LogP contribution in [0.1, 0.15) is 42.0 Å². The molecule has 0 saturated carbocycles. The third kappa shape index (κ3) is 3.38. The first-order chi connectivity index (χ1) is 9.47. The summed E-state index contributed by atoms with van der Waals surface area (Å²) in [5.41, 5.74) is 4.32. The molecule has 0 heterocycles. The van der Waals surface area contributed by atoms with Crippen LogP contribution >= 0.6 is 0 Å². The minimum Gasteiger partial charge on any atom is -0.489 e. The van der Waals surface area contributed by atoms with Crippen LogP contribution < -0.4 is 4.74 Å². The smallest absolute Gasteiger partial charge is 0.123 e. The fourth-order valence-corrected chi connectivity index (χ4v) is 2.11. The number of hydrogen-bond donors (Lipinski definition) is 0. The molecule has 2 aromatic rings. The summed E-state index contributed by atoms with van der Waals surface area (Å²) in [4.78, 5) is 0. The van der Waals surface area contributed by atoms with Crippen LogP contribution in [0.5, 0.6) is 5.75 Å². The summed E-state index contributed by atoms with van der Waals surface area (Å²) < 4.78 is 19.0. The van der Waals surface area contributed by atoms with Crippen LogP contribution in [0.15, 0.2) is 36.4 Å². The predicted octanol–water partition coefficient (Wildman–Crippen LogP) is 5.14. The monoisotopic (exact) mass is 272 g/mol. The fourth-order valence-electron chi connectivity index (χ4n) is 2.11. The number of aryl methyl sites for hydroxylation is 2. The van der Waals surface area contributed by atoms with Crippen LogP contribution in [0.4, 0.5) is 4.39 Å². The zero-order chi connectivity index (χ0) is 14.7. The summed E-state index contributed by atoms with van der Waals surface area (Å²) in [5.74, 6) is 1.18. The molecule has 0 spiro atoms. The average Bonchev–Trinajstić information content (AvgIpc) is 2.39. The van der Waals surface area contributed by atoms with Crippen LogP contribution in [0.2, 0.25) is 0 Å². The molecule has 0 radical (unpaired) electrons. The van der Waals surface area contributed by atoms with Gasteiger partial charge in [-0.2, -0.15) is 0 Å². The summed E-state index contributed by atoms with van der Waals surface area (Å²) in [7, 11) is 0. The minimum atomic E-state index is -0.204. The second kappa shape index (κ2) is 6.08. The molecule has 0 fully saturated rings. The van der Waals surface area contributed by atoms with Gasteiger partial charge >= 0.3 is 0 Å². The van der Waals surface area contributed by atoms with Crippen LogP contribution in [0.25, 0.3) is 0 Å². The van der Waals surface area contributed by atoms with Gasteiger partial charge < -0.3 is 4.74 Å². The molecule has 0 amide bonds. The lowest BCUT2D eigenvalue weighted by atomic mass is 10.0. The molecule has 0 aliphatic rings. The molecule has 0 atom stereocenters. The van der Waals surface area contributed by atoms with E-state index in [0.717, 1.165) is 22.4 Å². The van der Waals surface area contributed by atoms with Crippen molar-refractivity contribution in [2.24, 2.45) is 0 Å². The van der Waals surface area contributed by atoms with Crippen molar-refractivity contribution < 1.29 is 9.13 Å². The number of ether oxygens (including phenoxy) is 1. The molecule has 20 heavy (non-hydrogen) atoms. The van der Waals surface area contributed by atoms with E-state index in [-0.39, 0.29) is 5.82 Å². The summed E-state index contributed by atoms with van der Waals surface area (Å²) in [6, 6.07) is 11.1. The first-order valence-corrected chi connectivity index (χ1v) is 6.95. The van der Waals surface area contributed by atoms with E-state index in [0.29, 0.717) is 12.5 Å². The lowest BCUT2D eigenvalue weighted by Crippen LogP contribution is -2.00. The largest absolute Gasteiger partial charge is 0.489 e. The molecule has 2 heteroatoms. The second-order valence-corrected chi connectivity index (χ2v) is 5.54. The van der Waals surface area contributed by atoms with Crippen LogP contribution in [0, 0.1) is 19.7 Å². The van der Waals surface area contributed by atoms with E-state index in [1.807, 2.05) is 13.8 Å². The van der Waals surface area contributed by atoms with Crippen molar-refractivity contribution >= 4 is 0 Å². The van der Waals surface area contributed by atoms with E-state index in [2.05, 4.69) is 32.0 Å². The van der Waals surface area contributed by atoms with E-state index >= 15 is 0 Å². The molecule has 106 valence electrons. The highest BCUT2D eigenvalue weighted by Crippen LogP contribution is 2.25. The Balaban J connectivity index is 2.16. The standard InChI is InChI=1S/C18H21FO/c1-12(2)15-6-5-13(3)18(10-15)20-11-16-7-8-17(19)9-14(16)4/h5-10,12H,11H2,1-4H3. The van der Waals surface area contributed by atoms with Gasteiger partial charge in [-0.1, -0.05) is 32.0 Å². The van der Waals surface area contributed by atoms with E-state index in [4.69, 9.17) is 4.74 Å². The maximum atomic E-state index is 13.1. The summed E-state index contributed by atoms with van der Waals surface area (Å²) >= 11 is 0. The van der Waals surface area contributed by atoms with Crippen molar-refractivity contribution in [2.75, 3.05) is 0 Å². The molecule has 0 bridgehead atoms. The topological polar surface area (TPSA) is 9.23 Å². The van der Waals surface area contributed by atoms with E-state index in [9.17, 15) is 4.39 Å². The van der Waals surface area contributed by atoms with E-state index in [1.54, 1.807) is 6.07 Å². The van der Waals surface area contributed by atoms with Gasteiger partial charge in [-0.25, -0.2) is 4.39 Å². The molecule has 0 N–H and O–H groups in total. The first kappa shape index (κ1) is 14.6. The molecule has 0 aliphatic carbocycles. The molecule has 1 nitrogen and oxygen atoms in total. The maximum absolute atomic E-state index is 13.1. The van der Waals surface area contributed by atoms with Crippen molar-refractivity contribution in [3.63, 3.8) is 0 Å². The van der Waals surface area contributed by atoms with Gasteiger partial charge in [0, 0.05) is 0 Å². The van der Waals surface area contributed by atoms with Gasteiger partial charge in [0.05, 0.1) is 0 Å². The highest BCUT2D eigenvalue weighted by Gasteiger charge is 2.06. The Bertz CT molecular complexity index is 602. The van der Waals surface area contributed by atoms with Gasteiger partial charge in [0.1, 0.15) is 18.2 Å². The highest BCUT2D eigenvalue weighted by atomic mass is 19.1. The van der Waals surface area contributed by atoms with E-state index in [1.165, 1.54) is 17.7 Å². The third-order valence-electron chi connectivity index (χ3n) is 3.57. The third-order valence-corrected chi connectivity index (χ3v) is 3.57. The van der Waals surface area contributed by atoms with Gasteiger partial charge in [-0.05, 0) is 60.2 Å². The van der Waals surface area contributed by atoms with Gasteiger partial charge in [-0.15, -0.1) is 0 Å². The van der Waals surface area contributed by atoms with Crippen molar-refractivity contribution in [3.05, 3.63) is 64.5 Å². The van der Waals surface area contributed by atoms with E-state index < -0.39 is 0 Å². The zero-order valence-electron chi connectivity index (χ0n) is 12.5. The first-order valence-electron chi connectivity index (χ1n) is 6.95. The molecule has 0 aliphatic heterocycles. The quantitative estimate of drug-likeness (QED) is 0.748. The Hall–Kier alpha value is -1.83. The molecular weight excluding hydrogens is 251 g/mol. The summed E-state index contributed by atoms with van der Waals surface area (Å²) in [6.45, 7) is 8.74. The van der Waals surface area contributed by atoms with Crippen LogP contribution in [-0.4, -0.2) is 0 Å². The SMILES string of the molecule is Cc1cc(F)ccc1COc1cc(C(C)C)ccc1C. The van der Waals surface area contributed by atoms with Crippen LogP contribution in [-0.2, 0) is 6.61 Å². The Morgan fingerprint density at radius 3 is 2.40 bits per heavy atom. The van der Waals surface area contributed by atoms with Crippen molar-refractivity contribution in [2.45, 2.75) is 40.2 Å². The lowest BCUT2D eigenvalue weighted by Gasteiger charge is -2.14. The maximum Gasteiger partial charge on any atom is 0.123 e. The summed E-state index contributed by atoms with van der Waals surface area (Å²) in [6.07, 6.45) is 0. The number of benzene rings is 2. The minimum absolute atomic E-state index is 0.204. The molecule has 0 aromatic heterocycles. The van der Waals surface area contributed by atoms with Gasteiger partial charge in [0.25, 0.3) is 0 Å². The van der Waals surface area contributed by atoms with Crippen molar-refractivity contribution in [1.82, 2.24) is 0 Å². The Morgan fingerprint density at radius 2 is 1.75 bits per heavy atom. The number of hydrogen-bond acceptors (Lipinski definition) is 1. The normalized spacial score (nSPS) is 10.9. The van der Waals surface area contributed by atoms with Gasteiger partial charge in [0.15, 0.2) is 0 Å². The van der Waals surface area contributed by atoms with Crippen molar-refractivity contribution in [3.8, 4) is 5.75 Å². The predicted molar refractivity (Wildman–Crippen MR) is 80.7 cm³/mol. The lowest BCUT2D eigenvalue weighted by molar-refractivity contribution is 0.302. The number of halogens is 1. The molecule has 0 unspecified atom stereocenters. The van der Waals surface area contributed by atoms with Gasteiger partial charge in [0.2, 0.25) is 0 Å². The molecule has 2 rings (SSSR count). The average molecular weight is 272 g/mol. The van der Waals surface area contributed by atoms with Crippen molar-refractivity contribution in [1.29, 1.82) is 0 Å². The zero-order valence-corrected chi connectivity index (χ0v) is 12.5. The second-order valence-electron chi connectivity index (χ2n) is 5.54. The fraction of sp³-hybridized carbons (Fsp3) is 0.333. The number of rotatable bonds is 4. The molecular formula is C18H21FO. The Kier molecular flexibility index (Phi) is 4.43. The Labute approximate surface area is 120 Å². The summed E-state index contributed by atoms with van der Waals surface area (Å²) in [5, 5.41) is 0. The van der Waals surface area contributed by atoms with Crippen LogP contribution in [0.3, 0.4) is 0 Å². The highest BCUT2D eigenvalue weighted by molar-refractivity contribution is 5.38. The molecule has 0 saturated heterocycles.